The Balaban J connectivity index is 1.77. The molecule has 23 heavy (non-hydrogen) atoms. The van der Waals surface area contributed by atoms with E-state index >= 15 is 0 Å². The lowest BCUT2D eigenvalue weighted by atomic mass is 9.99. The van der Waals surface area contributed by atoms with Crippen LogP contribution < -0.4 is 15.5 Å². The largest absolute Gasteiger partial charge is 0.369 e. The van der Waals surface area contributed by atoms with E-state index in [1.807, 2.05) is 12.1 Å². The van der Waals surface area contributed by atoms with Gasteiger partial charge in [-0.1, -0.05) is 0 Å². The maximum Gasteiger partial charge on any atom is 0.230 e. The summed E-state index contributed by atoms with van der Waals surface area (Å²) >= 11 is 0. The topological polar surface area (TPSA) is 57.3 Å². The normalized spacial score (nSPS) is 17.1. The van der Waals surface area contributed by atoms with Crippen molar-refractivity contribution < 1.29 is 9.18 Å². The number of hydrogen-bond acceptors (Lipinski definition) is 4. The van der Waals surface area contributed by atoms with Crippen LogP contribution in [0.1, 0.15) is 5.56 Å². The van der Waals surface area contributed by atoms with Gasteiger partial charge in [-0.05, 0) is 35.4 Å². The van der Waals surface area contributed by atoms with Gasteiger partial charge < -0.3 is 15.5 Å². The summed E-state index contributed by atoms with van der Waals surface area (Å²) in [7, 11) is 0. The zero-order chi connectivity index (χ0) is 15.8. The van der Waals surface area contributed by atoms with Crippen molar-refractivity contribution >= 4 is 17.4 Å². The number of piperazine rings is 1. The van der Waals surface area contributed by atoms with Crippen LogP contribution in [0.3, 0.4) is 0 Å². The molecule has 0 unspecified atom stereocenters. The number of fused-ring (bicyclic) bond motifs is 1. The Morgan fingerprint density at radius 1 is 1.17 bits per heavy atom. The molecule has 0 saturated carbocycles. The summed E-state index contributed by atoms with van der Waals surface area (Å²) in [6.07, 6.45) is 1.94. The number of nitrogens with zero attached hydrogens (tertiary/aromatic N) is 2. The molecule has 0 atom stereocenters. The van der Waals surface area contributed by atoms with E-state index in [1.165, 1.54) is 6.07 Å². The maximum absolute atomic E-state index is 14.2. The van der Waals surface area contributed by atoms with Crippen LogP contribution in [-0.4, -0.2) is 37.1 Å². The van der Waals surface area contributed by atoms with Gasteiger partial charge in [0.1, 0.15) is 11.6 Å². The number of halogens is 1. The highest BCUT2D eigenvalue weighted by Crippen LogP contribution is 2.34. The Labute approximate surface area is 133 Å². The molecule has 6 heteroatoms. The zero-order valence-corrected chi connectivity index (χ0v) is 12.6. The van der Waals surface area contributed by atoms with E-state index in [0.29, 0.717) is 5.82 Å². The van der Waals surface area contributed by atoms with Gasteiger partial charge in [0.15, 0.2) is 0 Å². The highest BCUT2D eigenvalue weighted by atomic mass is 19.1. The number of anilines is 2. The van der Waals surface area contributed by atoms with Crippen molar-refractivity contribution in [1.29, 1.82) is 0 Å². The highest BCUT2D eigenvalue weighted by Gasteiger charge is 2.23. The van der Waals surface area contributed by atoms with Gasteiger partial charge in [-0.15, -0.1) is 0 Å². The second-order valence-corrected chi connectivity index (χ2v) is 5.85. The number of benzene rings is 1. The van der Waals surface area contributed by atoms with E-state index < -0.39 is 0 Å². The molecule has 0 bridgehead atoms. The molecular formula is C17H17FN4O. The summed E-state index contributed by atoms with van der Waals surface area (Å²) in [5.41, 5.74) is 3.37. The van der Waals surface area contributed by atoms with Gasteiger partial charge in [-0.2, -0.15) is 0 Å². The molecule has 0 spiro atoms. The lowest BCUT2D eigenvalue weighted by Crippen LogP contribution is -2.43. The maximum atomic E-state index is 14.2. The van der Waals surface area contributed by atoms with Crippen molar-refractivity contribution in [3.8, 4) is 11.1 Å². The van der Waals surface area contributed by atoms with E-state index in [9.17, 15) is 9.18 Å². The van der Waals surface area contributed by atoms with Crippen LogP contribution in [0, 0.1) is 5.82 Å². The number of rotatable bonds is 2. The predicted molar refractivity (Wildman–Crippen MR) is 87.0 cm³/mol. The second-order valence-electron chi connectivity index (χ2n) is 5.85. The summed E-state index contributed by atoms with van der Waals surface area (Å²) in [6.45, 7) is 3.51. The van der Waals surface area contributed by atoms with Crippen molar-refractivity contribution in [3.63, 3.8) is 0 Å². The average Bonchev–Trinajstić information content (AvgIpc) is 2.95. The number of hydrogen-bond donors (Lipinski definition) is 2. The summed E-state index contributed by atoms with van der Waals surface area (Å²) in [4.78, 5) is 18.0. The molecule has 1 aromatic heterocycles. The Morgan fingerprint density at radius 3 is 2.83 bits per heavy atom. The number of nitrogens with one attached hydrogen (secondary N) is 2. The quantitative estimate of drug-likeness (QED) is 0.888. The minimum absolute atomic E-state index is 0.0707. The predicted octanol–water partition coefficient (Wildman–Crippen LogP) is 1.79. The van der Waals surface area contributed by atoms with Crippen LogP contribution in [-0.2, 0) is 11.2 Å². The SMILES string of the molecule is O=C1Cc2c(-c3cc(F)cc(N4CCNCC4)c3)ccnc2N1. The van der Waals surface area contributed by atoms with Gasteiger partial charge in [-0.3, -0.25) is 4.79 Å². The fourth-order valence-electron chi connectivity index (χ4n) is 3.22. The average molecular weight is 312 g/mol. The fourth-order valence-corrected chi connectivity index (χ4v) is 3.22. The summed E-state index contributed by atoms with van der Waals surface area (Å²) in [5, 5.41) is 6.03. The first kappa shape index (κ1) is 14.1. The number of carbonyl (C=O) groups is 1. The standard InChI is InChI=1S/C17H17FN4O/c18-12-7-11(8-13(9-12)22-5-3-19-4-6-22)14-1-2-20-17-15(14)10-16(23)21-17/h1-2,7-9,19H,3-6,10H2,(H,20,21,23). The fraction of sp³-hybridized carbons (Fsp3) is 0.294. The molecule has 2 aliphatic rings. The van der Waals surface area contributed by atoms with Gasteiger partial charge in [0.05, 0.1) is 6.42 Å². The van der Waals surface area contributed by atoms with E-state index in [1.54, 1.807) is 12.3 Å². The first-order valence-corrected chi connectivity index (χ1v) is 7.75. The van der Waals surface area contributed by atoms with Crippen LogP contribution >= 0.6 is 0 Å². The third-order valence-electron chi connectivity index (χ3n) is 4.33. The third-order valence-corrected chi connectivity index (χ3v) is 4.33. The molecule has 118 valence electrons. The van der Waals surface area contributed by atoms with E-state index in [-0.39, 0.29) is 18.1 Å². The molecule has 1 amide bonds. The lowest BCUT2D eigenvalue weighted by molar-refractivity contribution is -0.115. The molecular weight excluding hydrogens is 295 g/mol. The molecule has 0 radical (unpaired) electrons. The molecule has 5 nitrogen and oxygen atoms in total. The Morgan fingerprint density at radius 2 is 2.00 bits per heavy atom. The first-order valence-electron chi connectivity index (χ1n) is 7.75. The van der Waals surface area contributed by atoms with Gasteiger partial charge in [-0.25, -0.2) is 9.37 Å². The zero-order valence-electron chi connectivity index (χ0n) is 12.6. The Hall–Kier alpha value is -2.47. The third kappa shape index (κ3) is 2.66. The molecule has 2 aromatic rings. The molecule has 1 saturated heterocycles. The van der Waals surface area contributed by atoms with Crippen molar-refractivity contribution in [2.75, 3.05) is 36.4 Å². The smallest absolute Gasteiger partial charge is 0.230 e. The molecule has 1 aromatic carbocycles. The minimum atomic E-state index is -0.265. The van der Waals surface area contributed by atoms with E-state index in [2.05, 4.69) is 20.5 Å². The molecule has 0 aliphatic carbocycles. The Bertz CT molecular complexity index is 771. The first-order chi connectivity index (χ1) is 11.2. The van der Waals surface area contributed by atoms with Crippen LogP contribution in [0.15, 0.2) is 30.5 Å². The second kappa shape index (κ2) is 5.62. The molecule has 4 rings (SSSR count). The van der Waals surface area contributed by atoms with E-state index in [4.69, 9.17) is 0 Å². The Kier molecular flexibility index (Phi) is 3.46. The highest BCUT2D eigenvalue weighted by molar-refractivity contribution is 6.00. The monoisotopic (exact) mass is 312 g/mol. The van der Waals surface area contributed by atoms with Crippen molar-refractivity contribution in [1.82, 2.24) is 10.3 Å². The minimum Gasteiger partial charge on any atom is -0.369 e. The summed E-state index contributed by atoms with van der Waals surface area (Å²) in [6, 6.07) is 6.92. The number of carbonyl (C=O) groups excluding carboxylic acids is 1. The van der Waals surface area contributed by atoms with Crippen molar-refractivity contribution in [2.45, 2.75) is 6.42 Å². The lowest BCUT2D eigenvalue weighted by Gasteiger charge is -2.30. The van der Waals surface area contributed by atoms with Crippen molar-refractivity contribution in [3.05, 3.63) is 41.8 Å². The van der Waals surface area contributed by atoms with Crippen LogP contribution in [0.4, 0.5) is 15.9 Å². The van der Waals surface area contributed by atoms with Crippen LogP contribution in [0.5, 0.6) is 0 Å². The number of pyridine rings is 1. The molecule has 1 fully saturated rings. The summed E-state index contributed by atoms with van der Waals surface area (Å²) in [5.74, 6) is 0.248. The van der Waals surface area contributed by atoms with E-state index in [0.717, 1.165) is 48.6 Å². The molecule has 2 aliphatic heterocycles. The van der Waals surface area contributed by atoms with Crippen LogP contribution in [0.25, 0.3) is 11.1 Å². The van der Waals surface area contributed by atoms with Gasteiger partial charge in [0.2, 0.25) is 5.91 Å². The summed E-state index contributed by atoms with van der Waals surface area (Å²) < 4.78 is 14.2. The van der Waals surface area contributed by atoms with Gasteiger partial charge in [0, 0.05) is 43.6 Å². The molecule has 3 heterocycles. The van der Waals surface area contributed by atoms with Crippen LogP contribution in [0.2, 0.25) is 0 Å². The van der Waals surface area contributed by atoms with Gasteiger partial charge in [0.25, 0.3) is 0 Å². The number of amides is 1. The van der Waals surface area contributed by atoms with Crippen molar-refractivity contribution in [2.24, 2.45) is 0 Å². The number of aromatic nitrogens is 1. The molecule has 2 N–H and O–H groups in total. The van der Waals surface area contributed by atoms with Gasteiger partial charge >= 0.3 is 0 Å².